The summed E-state index contributed by atoms with van der Waals surface area (Å²) < 4.78 is 5.48. The predicted octanol–water partition coefficient (Wildman–Crippen LogP) is 3.61. The molecule has 0 bridgehead atoms. The quantitative estimate of drug-likeness (QED) is 0.826. The SMILES string of the molecule is CNC(CC1CCOCC1)C1CCCCC1(C)C. The van der Waals surface area contributed by atoms with Crippen molar-refractivity contribution < 1.29 is 4.74 Å². The van der Waals surface area contributed by atoms with Crippen molar-refractivity contribution in [2.24, 2.45) is 17.3 Å². The van der Waals surface area contributed by atoms with Crippen LogP contribution in [-0.2, 0) is 4.74 Å². The van der Waals surface area contributed by atoms with Crippen LogP contribution in [0.2, 0.25) is 0 Å². The summed E-state index contributed by atoms with van der Waals surface area (Å²) >= 11 is 0. The Hall–Kier alpha value is -0.0800. The lowest BCUT2D eigenvalue weighted by Crippen LogP contribution is -2.44. The molecule has 18 heavy (non-hydrogen) atoms. The van der Waals surface area contributed by atoms with Gasteiger partial charge >= 0.3 is 0 Å². The fourth-order valence-corrected chi connectivity index (χ4v) is 4.09. The Morgan fingerprint density at radius 1 is 1.17 bits per heavy atom. The molecular formula is C16H31NO. The lowest BCUT2D eigenvalue weighted by molar-refractivity contribution is 0.0438. The fraction of sp³-hybridized carbons (Fsp3) is 1.00. The smallest absolute Gasteiger partial charge is 0.0468 e. The molecular weight excluding hydrogens is 222 g/mol. The molecule has 2 aliphatic rings. The number of rotatable bonds is 4. The Morgan fingerprint density at radius 2 is 1.89 bits per heavy atom. The Morgan fingerprint density at radius 3 is 2.50 bits per heavy atom. The Kier molecular flexibility index (Phi) is 5.08. The monoisotopic (exact) mass is 253 g/mol. The van der Waals surface area contributed by atoms with Crippen LogP contribution < -0.4 is 5.32 Å². The summed E-state index contributed by atoms with van der Waals surface area (Å²) in [6.07, 6.45) is 9.58. The van der Waals surface area contributed by atoms with Crippen molar-refractivity contribution in [2.45, 2.75) is 64.8 Å². The van der Waals surface area contributed by atoms with E-state index in [0.29, 0.717) is 11.5 Å². The van der Waals surface area contributed by atoms with E-state index in [1.165, 1.54) is 44.9 Å². The van der Waals surface area contributed by atoms with Crippen molar-refractivity contribution in [1.82, 2.24) is 5.32 Å². The molecule has 1 saturated heterocycles. The first-order valence-electron chi connectivity index (χ1n) is 7.88. The van der Waals surface area contributed by atoms with Crippen molar-refractivity contribution in [3.8, 4) is 0 Å². The maximum absolute atomic E-state index is 5.48. The van der Waals surface area contributed by atoms with Crippen LogP contribution >= 0.6 is 0 Å². The summed E-state index contributed by atoms with van der Waals surface area (Å²) in [6, 6.07) is 0.711. The van der Waals surface area contributed by atoms with Gasteiger partial charge in [0, 0.05) is 19.3 Å². The molecule has 2 nitrogen and oxygen atoms in total. The van der Waals surface area contributed by atoms with Gasteiger partial charge in [0.15, 0.2) is 0 Å². The molecule has 1 saturated carbocycles. The van der Waals surface area contributed by atoms with Crippen LogP contribution in [0.3, 0.4) is 0 Å². The van der Waals surface area contributed by atoms with Crippen LogP contribution in [-0.4, -0.2) is 26.3 Å². The third-order valence-corrected chi connectivity index (χ3v) is 5.37. The highest BCUT2D eigenvalue weighted by atomic mass is 16.5. The van der Waals surface area contributed by atoms with Crippen LogP contribution in [0.4, 0.5) is 0 Å². The molecule has 1 heterocycles. The topological polar surface area (TPSA) is 21.3 Å². The fourth-order valence-electron chi connectivity index (χ4n) is 4.09. The van der Waals surface area contributed by atoms with Crippen LogP contribution in [0.15, 0.2) is 0 Å². The second-order valence-corrected chi connectivity index (χ2v) is 7.03. The molecule has 2 unspecified atom stereocenters. The Balaban J connectivity index is 1.93. The van der Waals surface area contributed by atoms with Gasteiger partial charge in [0.25, 0.3) is 0 Å². The normalized spacial score (nSPS) is 31.2. The van der Waals surface area contributed by atoms with Gasteiger partial charge in [0.1, 0.15) is 0 Å². The molecule has 0 aromatic carbocycles. The molecule has 0 spiro atoms. The lowest BCUT2D eigenvalue weighted by Gasteiger charge is -2.44. The molecule has 2 rings (SSSR count). The van der Waals surface area contributed by atoms with E-state index in [1.54, 1.807) is 0 Å². The first kappa shape index (κ1) is 14.3. The Bertz CT molecular complexity index is 245. The van der Waals surface area contributed by atoms with Gasteiger partial charge < -0.3 is 10.1 Å². The van der Waals surface area contributed by atoms with E-state index < -0.39 is 0 Å². The van der Waals surface area contributed by atoms with Crippen LogP contribution in [0, 0.1) is 17.3 Å². The molecule has 1 N–H and O–H groups in total. The Labute approximate surface area is 113 Å². The second-order valence-electron chi connectivity index (χ2n) is 7.03. The van der Waals surface area contributed by atoms with Crippen LogP contribution in [0.1, 0.15) is 58.8 Å². The molecule has 1 aliphatic carbocycles. The lowest BCUT2D eigenvalue weighted by atomic mass is 9.64. The van der Waals surface area contributed by atoms with E-state index in [2.05, 4.69) is 26.2 Å². The molecule has 2 heteroatoms. The van der Waals surface area contributed by atoms with E-state index in [9.17, 15) is 0 Å². The number of hydrogen-bond acceptors (Lipinski definition) is 2. The zero-order valence-electron chi connectivity index (χ0n) is 12.5. The highest BCUT2D eigenvalue weighted by Gasteiger charge is 2.37. The van der Waals surface area contributed by atoms with Crippen molar-refractivity contribution in [3.63, 3.8) is 0 Å². The molecule has 0 aromatic heterocycles. The highest BCUT2D eigenvalue weighted by Crippen LogP contribution is 2.43. The van der Waals surface area contributed by atoms with E-state index in [-0.39, 0.29) is 0 Å². The number of ether oxygens (including phenoxy) is 1. The van der Waals surface area contributed by atoms with Crippen molar-refractivity contribution >= 4 is 0 Å². The minimum atomic E-state index is 0.525. The molecule has 106 valence electrons. The van der Waals surface area contributed by atoms with Crippen molar-refractivity contribution in [3.05, 3.63) is 0 Å². The number of nitrogens with one attached hydrogen (secondary N) is 1. The van der Waals surface area contributed by atoms with E-state index in [0.717, 1.165) is 25.0 Å². The summed E-state index contributed by atoms with van der Waals surface area (Å²) in [7, 11) is 2.16. The van der Waals surface area contributed by atoms with Gasteiger partial charge in [-0.3, -0.25) is 0 Å². The van der Waals surface area contributed by atoms with Crippen molar-refractivity contribution in [1.29, 1.82) is 0 Å². The van der Waals surface area contributed by atoms with E-state index >= 15 is 0 Å². The second kappa shape index (κ2) is 6.38. The first-order chi connectivity index (χ1) is 8.63. The average Bonchev–Trinajstić information content (AvgIpc) is 2.37. The summed E-state index contributed by atoms with van der Waals surface area (Å²) in [5.74, 6) is 1.74. The zero-order chi connectivity index (χ0) is 13.0. The molecule has 2 fully saturated rings. The maximum Gasteiger partial charge on any atom is 0.0468 e. The van der Waals surface area contributed by atoms with Gasteiger partial charge in [0.2, 0.25) is 0 Å². The molecule has 0 amide bonds. The molecule has 1 aliphatic heterocycles. The summed E-state index contributed by atoms with van der Waals surface area (Å²) in [5, 5.41) is 3.63. The van der Waals surface area contributed by atoms with Gasteiger partial charge in [0.05, 0.1) is 0 Å². The van der Waals surface area contributed by atoms with E-state index in [4.69, 9.17) is 4.74 Å². The minimum Gasteiger partial charge on any atom is -0.381 e. The summed E-state index contributed by atoms with van der Waals surface area (Å²) in [4.78, 5) is 0. The number of hydrogen-bond donors (Lipinski definition) is 1. The van der Waals surface area contributed by atoms with Gasteiger partial charge in [-0.05, 0) is 56.4 Å². The van der Waals surface area contributed by atoms with Gasteiger partial charge in [-0.25, -0.2) is 0 Å². The minimum absolute atomic E-state index is 0.525. The van der Waals surface area contributed by atoms with Gasteiger partial charge in [-0.2, -0.15) is 0 Å². The third kappa shape index (κ3) is 3.48. The largest absolute Gasteiger partial charge is 0.381 e. The first-order valence-corrected chi connectivity index (χ1v) is 7.88. The standard InChI is InChI=1S/C16H31NO/c1-16(2)9-5-4-6-14(16)15(17-3)12-13-7-10-18-11-8-13/h13-15,17H,4-12H2,1-3H3. The average molecular weight is 253 g/mol. The van der Waals surface area contributed by atoms with Gasteiger partial charge in [-0.1, -0.05) is 26.7 Å². The molecule has 0 radical (unpaired) electrons. The van der Waals surface area contributed by atoms with E-state index in [1.807, 2.05) is 0 Å². The third-order valence-electron chi connectivity index (χ3n) is 5.37. The zero-order valence-corrected chi connectivity index (χ0v) is 12.5. The maximum atomic E-state index is 5.48. The van der Waals surface area contributed by atoms with Crippen LogP contribution in [0.5, 0.6) is 0 Å². The molecule has 0 aromatic rings. The predicted molar refractivity (Wildman–Crippen MR) is 76.7 cm³/mol. The molecule has 2 atom stereocenters. The van der Waals surface area contributed by atoms with Crippen LogP contribution in [0.25, 0.3) is 0 Å². The highest BCUT2D eigenvalue weighted by molar-refractivity contribution is 4.91. The van der Waals surface area contributed by atoms with Gasteiger partial charge in [-0.15, -0.1) is 0 Å². The summed E-state index contributed by atoms with van der Waals surface area (Å²) in [6.45, 7) is 6.92. The summed E-state index contributed by atoms with van der Waals surface area (Å²) in [5.41, 5.74) is 0.525. The van der Waals surface area contributed by atoms with Crippen molar-refractivity contribution in [2.75, 3.05) is 20.3 Å².